The van der Waals surface area contributed by atoms with Gasteiger partial charge in [0.1, 0.15) is 0 Å². The van der Waals surface area contributed by atoms with Crippen LogP contribution in [0.2, 0.25) is 0 Å². The van der Waals surface area contributed by atoms with Gasteiger partial charge in [0, 0.05) is 30.5 Å². The zero-order valence-electron chi connectivity index (χ0n) is 14.1. The van der Waals surface area contributed by atoms with Gasteiger partial charge in [0.2, 0.25) is 10.0 Å². The van der Waals surface area contributed by atoms with Crippen molar-refractivity contribution in [2.75, 3.05) is 32.1 Å². The molecule has 0 N–H and O–H groups in total. The summed E-state index contributed by atoms with van der Waals surface area (Å²) in [6, 6.07) is 0. The molecular weight excluding hydrogens is 344 g/mol. The Labute approximate surface area is 148 Å². The topological polar surface area (TPSA) is 59.5 Å². The van der Waals surface area contributed by atoms with Gasteiger partial charge in [-0.2, -0.15) is 0 Å². The molecule has 0 bridgehead atoms. The molecule has 24 heavy (non-hydrogen) atoms. The summed E-state index contributed by atoms with van der Waals surface area (Å²) in [6.07, 6.45) is 7.63. The predicted molar refractivity (Wildman–Crippen MR) is 95.0 cm³/mol. The van der Waals surface area contributed by atoms with Crippen LogP contribution < -0.4 is 0 Å². The highest BCUT2D eigenvalue weighted by Gasteiger charge is 2.34. The van der Waals surface area contributed by atoms with Crippen molar-refractivity contribution >= 4 is 21.4 Å². The Balaban J connectivity index is 1.46. The van der Waals surface area contributed by atoms with Crippen LogP contribution in [0.25, 0.3) is 0 Å². The first-order chi connectivity index (χ1) is 11.6. The van der Waals surface area contributed by atoms with Crippen LogP contribution in [0.15, 0.2) is 0 Å². The second-order valence-corrected chi connectivity index (χ2v) is 10.5. The number of thiazole rings is 1. The summed E-state index contributed by atoms with van der Waals surface area (Å²) in [5.41, 5.74) is 1.28. The molecule has 134 valence electrons. The maximum atomic E-state index is 12.8. The summed E-state index contributed by atoms with van der Waals surface area (Å²) in [6.45, 7) is 2.57. The Kier molecular flexibility index (Phi) is 4.95. The summed E-state index contributed by atoms with van der Waals surface area (Å²) in [7, 11) is -3.18. The molecule has 2 atom stereocenters. The maximum Gasteiger partial charge on any atom is 0.214 e. The summed E-state index contributed by atoms with van der Waals surface area (Å²) in [5.74, 6) is 0.695. The summed E-state index contributed by atoms with van der Waals surface area (Å²) < 4.78 is 32.6. The van der Waals surface area contributed by atoms with Crippen LogP contribution in [0.3, 0.4) is 0 Å². The lowest BCUT2D eigenvalue weighted by molar-refractivity contribution is 0.188. The van der Waals surface area contributed by atoms with Gasteiger partial charge in [0.25, 0.3) is 0 Å². The van der Waals surface area contributed by atoms with E-state index in [0.29, 0.717) is 26.3 Å². The molecule has 0 saturated carbocycles. The van der Waals surface area contributed by atoms with E-state index in [9.17, 15) is 8.42 Å². The Bertz CT molecular complexity index is 657. The highest BCUT2D eigenvalue weighted by Crippen LogP contribution is 2.35. The third-order valence-electron chi connectivity index (χ3n) is 5.46. The zero-order chi connectivity index (χ0) is 16.6. The van der Waals surface area contributed by atoms with Crippen LogP contribution in [0.1, 0.15) is 53.6 Å². The van der Waals surface area contributed by atoms with Crippen LogP contribution in [-0.4, -0.2) is 49.8 Å². The third-order valence-corrected chi connectivity index (χ3v) is 8.79. The lowest BCUT2D eigenvalue weighted by Gasteiger charge is -2.31. The number of fused-ring (bicyclic) bond motifs is 1. The molecular formula is C17H26N2O3S2. The molecule has 1 aliphatic carbocycles. The SMILES string of the molecule is O=S(=O)(CC1CCOC1)N1CCCC(c2nc3c(s2)CCCC3)C1. The smallest absolute Gasteiger partial charge is 0.214 e. The van der Waals surface area contributed by atoms with Gasteiger partial charge < -0.3 is 4.74 Å². The Morgan fingerprint density at radius 2 is 2.08 bits per heavy atom. The van der Waals surface area contributed by atoms with Crippen LogP contribution in [0, 0.1) is 5.92 Å². The van der Waals surface area contributed by atoms with Crippen LogP contribution in [0.5, 0.6) is 0 Å². The molecule has 0 spiro atoms. The summed E-state index contributed by atoms with van der Waals surface area (Å²) >= 11 is 1.83. The Morgan fingerprint density at radius 3 is 2.88 bits per heavy atom. The minimum absolute atomic E-state index is 0.169. The molecule has 5 nitrogen and oxygen atoms in total. The van der Waals surface area contributed by atoms with Crippen molar-refractivity contribution in [2.45, 2.75) is 50.9 Å². The monoisotopic (exact) mass is 370 g/mol. The van der Waals surface area contributed by atoms with E-state index in [-0.39, 0.29) is 17.6 Å². The number of sulfonamides is 1. The van der Waals surface area contributed by atoms with Gasteiger partial charge in [-0.25, -0.2) is 17.7 Å². The lowest BCUT2D eigenvalue weighted by atomic mass is 10.00. The zero-order valence-corrected chi connectivity index (χ0v) is 15.7. The molecule has 2 aliphatic heterocycles. The first-order valence-electron chi connectivity index (χ1n) is 9.16. The van der Waals surface area contributed by atoms with E-state index < -0.39 is 10.0 Å². The molecule has 4 rings (SSSR count). The molecule has 0 aromatic carbocycles. The van der Waals surface area contributed by atoms with Crippen molar-refractivity contribution < 1.29 is 13.2 Å². The molecule has 3 heterocycles. The normalized spacial score (nSPS) is 28.8. The molecule has 2 unspecified atom stereocenters. The second-order valence-electron chi connectivity index (χ2n) is 7.33. The van der Waals surface area contributed by atoms with E-state index in [0.717, 1.165) is 32.1 Å². The number of aryl methyl sites for hydroxylation is 2. The molecule has 0 amide bonds. The molecule has 3 aliphatic rings. The van der Waals surface area contributed by atoms with Gasteiger partial charge in [-0.3, -0.25) is 0 Å². The number of hydrogen-bond acceptors (Lipinski definition) is 5. The van der Waals surface area contributed by atoms with E-state index in [4.69, 9.17) is 9.72 Å². The minimum Gasteiger partial charge on any atom is -0.381 e. The van der Waals surface area contributed by atoms with E-state index in [1.807, 2.05) is 11.3 Å². The molecule has 7 heteroatoms. The fraction of sp³-hybridized carbons (Fsp3) is 0.824. The van der Waals surface area contributed by atoms with Crippen LogP contribution >= 0.6 is 11.3 Å². The highest BCUT2D eigenvalue weighted by molar-refractivity contribution is 7.89. The van der Waals surface area contributed by atoms with E-state index in [1.165, 1.54) is 28.4 Å². The Hall–Kier alpha value is -0.500. The fourth-order valence-electron chi connectivity index (χ4n) is 4.06. The molecule has 1 aromatic rings. The average molecular weight is 371 g/mol. The highest BCUT2D eigenvalue weighted by atomic mass is 32.2. The van der Waals surface area contributed by atoms with Crippen molar-refractivity contribution in [2.24, 2.45) is 5.92 Å². The number of hydrogen-bond donors (Lipinski definition) is 0. The van der Waals surface area contributed by atoms with E-state index in [2.05, 4.69) is 0 Å². The third kappa shape index (κ3) is 3.54. The second kappa shape index (κ2) is 7.02. The van der Waals surface area contributed by atoms with Crippen molar-refractivity contribution in [1.29, 1.82) is 0 Å². The van der Waals surface area contributed by atoms with Crippen molar-refractivity contribution in [3.05, 3.63) is 15.6 Å². The molecule has 1 aromatic heterocycles. The molecule has 0 radical (unpaired) electrons. The van der Waals surface area contributed by atoms with Gasteiger partial charge in [0.15, 0.2) is 0 Å². The van der Waals surface area contributed by atoms with Crippen LogP contribution in [0.4, 0.5) is 0 Å². The van der Waals surface area contributed by atoms with Crippen LogP contribution in [-0.2, 0) is 27.6 Å². The van der Waals surface area contributed by atoms with Gasteiger partial charge in [0.05, 0.1) is 23.1 Å². The summed E-state index contributed by atoms with van der Waals surface area (Å²) in [4.78, 5) is 6.32. The van der Waals surface area contributed by atoms with Gasteiger partial charge in [-0.15, -0.1) is 11.3 Å². The van der Waals surface area contributed by atoms with E-state index in [1.54, 1.807) is 4.31 Å². The van der Waals surface area contributed by atoms with Gasteiger partial charge in [-0.1, -0.05) is 0 Å². The fourth-order valence-corrected chi connectivity index (χ4v) is 7.22. The largest absolute Gasteiger partial charge is 0.381 e. The standard InChI is InChI=1S/C17H26N2O3S2/c20-24(21,12-13-7-9-22-11-13)19-8-3-4-14(10-19)17-18-15-5-1-2-6-16(15)23-17/h13-14H,1-12H2. The van der Waals surface area contributed by atoms with Crippen molar-refractivity contribution in [3.8, 4) is 0 Å². The predicted octanol–water partition coefficient (Wildman–Crippen LogP) is 2.57. The van der Waals surface area contributed by atoms with Crippen molar-refractivity contribution in [1.82, 2.24) is 9.29 Å². The van der Waals surface area contributed by atoms with E-state index >= 15 is 0 Å². The minimum atomic E-state index is -3.18. The summed E-state index contributed by atoms with van der Waals surface area (Å²) in [5, 5.41) is 1.17. The number of rotatable bonds is 4. The number of aromatic nitrogens is 1. The van der Waals surface area contributed by atoms with Crippen molar-refractivity contribution in [3.63, 3.8) is 0 Å². The quantitative estimate of drug-likeness (QED) is 0.817. The Morgan fingerprint density at radius 1 is 1.21 bits per heavy atom. The van der Waals surface area contributed by atoms with Gasteiger partial charge in [-0.05, 0) is 50.9 Å². The number of nitrogens with zero attached hydrogens (tertiary/aromatic N) is 2. The molecule has 2 saturated heterocycles. The number of ether oxygens (including phenoxy) is 1. The average Bonchev–Trinajstić information content (AvgIpc) is 3.23. The molecule has 2 fully saturated rings. The lowest BCUT2D eigenvalue weighted by Crippen LogP contribution is -2.41. The maximum absolute atomic E-state index is 12.8. The number of piperidine rings is 1. The van der Waals surface area contributed by atoms with Gasteiger partial charge >= 0.3 is 0 Å². The first kappa shape index (κ1) is 16.9. The first-order valence-corrected chi connectivity index (χ1v) is 11.6.